The van der Waals surface area contributed by atoms with E-state index in [1.807, 2.05) is 23.7 Å². The number of halogens is 1. The summed E-state index contributed by atoms with van der Waals surface area (Å²) in [6, 6.07) is 0.782. The Morgan fingerprint density at radius 3 is 2.82 bits per heavy atom. The molecule has 0 aromatic heterocycles. The molecule has 0 aliphatic carbocycles. The van der Waals surface area contributed by atoms with Crippen molar-refractivity contribution in [2.75, 3.05) is 25.6 Å². The largest absolute Gasteiger partial charge is 0.343 e. The minimum Gasteiger partial charge on any atom is -0.343 e. The lowest BCUT2D eigenvalue weighted by Crippen LogP contribution is -2.38. The van der Waals surface area contributed by atoms with Crippen molar-refractivity contribution in [3.63, 3.8) is 0 Å². The molecule has 1 aliphatic rings. The zero-order chi connectivity index (χ0) is 12.0. The van der Waals surface area contributed by atoms with E-state index in [0.29, 0.717) is 18.5 Å². The summed E-state index contributed by atoms with van der Waals surface area (Å²) >= 11 is 1.84. The standard InChI is InChI=1S/C12H24N2OS.ClH/c1-10(6-8-16-3)14(2)12(15)9-11-5-4-7-13-11;/h10-11,13H,4-9H2,1-3H3;1H. The lowest BCUT2D eigenvalue weighted by atomic mass is 10.1. The number of amides is 1. The summed E-state index contributed by atoms with van der Waals surface area (Å²) in [5.41, 5.74) is 0. The van der Waals surface area contributed by atoms with E-state index in [-0.39, 0.29) is 18.3 Å². The van der Waals surface area contributed by atoms with Gasteiger partial charge in [-0.15, -0.1) is 12.4 Å². The first-order valence-electron chi connectivity index (χ1n) is 6.13. The predicted molar refractivity (Wildman–Crippen MR) is 78.1 cm³/mol. The molecule has 0 aromatic rings. The Balaban J connectivity index is 0.00000256. The van der Waals surface area contributed by atoms with E-state index in [1.165, 1.54) is 6.42 Å². The third kappa shape index (κ3) is 5.98. The fourth-order valence-electron chi connectivity index (χ4n) is 2.01. The highest BCUT2D eigenvalue weighted by atomic mass is 35.5. The van der Waals surface area contributed by atoms with E-state index < -0.39 is 0 Å². The monoisotopic (exact) mass is 280 g/mol. The van der Waals surface area contributed by atoms with Gasteiger partial charge in [0.2, 0.25) is 5.91 Å². The molecule has 0 saturated carbocycles. The van der Waals surface area contributed by atoms with E-state index in [0.717, 1.165) is 25.1 Å². The van der Waals surface area contributed by atoms with Crippen LogP contribution in [-0.4, -0.2) is 48.5 Å². The average Bonchev–Trinajstić information content (AvgIpc) is 2.77. The summed E-state index contributed by atoms with van der Waals surface area (Å²) in [4.78, 5) is 13.9. The lowest BCUT2D eigenvalue weighted by molar-refractivity contribution is -0.132. The van der Waals surface area contributed by atoms with Gasteiger partial charge in [0.25, 0.3) is 0 Å². The molecule has 5 heteroatoms. The second-order valence-electron chi connectivity index (χ2n) is 4.63. The Hall–Kier alpha value is 0.0700. The van der Waals surface area contributed by atoms with Gasteiger partial charge in [0, 0.05) is 25.6 Å². The summed E-state index contributed by atoms with van der Waals surface area (Å²) in [6.45, 7) is 3.21. The summed E-state index contributed by atoms with van der Waals surface area (Å²) < 4.78 is 0. The third-order valence-electron chi connectivity index (χ3n) is 3.38. The smallest absolute Gasteiger partial charge is 0.224 e. The van der Waals surface area contributed by atoms with Crippen LogP contribution in [0.15, 0.2) is 0 Å². The van der Waals surface area contributed by atoms with Gasteiger partial charge in [-0.1, -0.05) is 0 Å². The quantitative estimate of drug-likeness (QED) is 0.809. The fraction of sp³-hybridized carbons (Fsp3) is 0.917. The van der Waals surface area contributed by atoms with Crippen LogP contribution in [0, 0.1) is 0 Å². The Morgan fingerprint density at radius 1 is 1.59 bits per heavy atom. The zero-order valence-electron chi connectivity index (χ0n) is 11.1. The summed E-state index contributed by atoms with van der Waals surface area (Å²) in [6.07, 6.45) is 6.22. The predicted octanol–water partition coefficient (Wildman–Crippen LogP) is 2.15. The highest BCUT2D eigenvalue weighted by molar-refractivity contribution is 7.98. The fourth-order valence-corrected chi connectivity index (χ4v) is 2.59. The minimum absolute atomic E-state index is 0. The molecule has 17 heavy (non-hydrogen) atoms. The maximum absolute atomic E-state index is 12.0. The van der Waals surface area contributed by atoms with Crippen LogP contribution < -0.4 is 5.32 Å². The molecule has 2 atom stereocenters. The molecule has 0 bridgehead atoms. The van der Waals surface area contributed by atoms with E-state index in [4.69, 9.17) is 0 Å². The minimum atomic E-state index is 0. The molecular formula is C12H25ClN2OS. The first-order valence-corrected chi connectivity index (χ1v) is 7.52. The van der Waals surface area contributed by atoms with Crippen molar-refractivity contribution < 1.29 is 4.79 Å². The van der Waals surface area contributed by atoms with Crippen LogP contribution in [0.25, 0.3) is 0 Å². The molecular weight excluding hydrogens is 256 g/mol. The number of rotatable bonds is 6. The molecule has 0 spiro atoms. The summed E-state index contributed by atoms with van der Waals surface area (Å²) in [5, 5.41) is 3.37. The van der Waals surface area contributed by atoms with Crippen LogP contribution in [-0.2, 0) is 4.79 Å². The molecule has 0 aromatic carbocycles. The summed E-state index contributed by atoms with van der Waals surface area (Å²) in [5.74, 6) is 1.41. The topological polar surface area (TPSA) is 32.3 Å². The van der Waals surface area contributed by atoms with E-state index in [1.54, 1.807) is 0 Å². The van der Waals surface area contributed by atoms with E-state index in [2.05, 4.69) is 18.5 Å². The van der Waals surface area contributed by atoms with Crippen molar-refractivity contribution >= 4 is 30.1 Å². The van der Waals surface area contributed by atoms with Gasteiger partial charge in [0.05, 0.1) is 0 Å². The Bertz CT molecular complexity index is 223. The van der Waals surface area contributed by atoms with Gasteiger partial charge >= 0.3 is 0 Å². The van der Waals surface area contributed by atoms with Crippen LogP contribution >= 0.6 is 24.2 Å². The normalized spacial score (nSPS) is 20.8. The van der Waals surface area contributed by atoms with Crippen LogP contribution in [0.1, 0.15) is 32.6 Å². The number of hydrogen-bond donors (Lipinski definition) is 1. The molecule has 1 fully saturated rings. The van der Waals surface area contributed by atoms with Gasteiger partial charge in [-0.05, 0) is 44.7 Å². The molecule has 3 nitrogen and oxygen atoms in total. The second kappa shape index (κ2) is 9.06. The molecule has 1 amide bonds. The van der Waals surface area contributed by atoms with Gasteiger partial charge in [-0.2, -0.15) is 11.8 Å². The van der Waals surface area contributed by atoms with E-state index >= 15 is 0 Å². The number of nitrogens with zero attached hydrogens (tertiary/aromatic N) is 1. The molecule has 1 rings (SSSR count). The van der Waals surface area contributed by atoms with Crippen molar-refractivity contribution in [2.45, 2.75) is 44.7 Å². The number of thioether (sulfide) groups is 1. The summed E-state index contributed by atoms with van der Waals surface area (Å²) in [7, 11) is 1.93. The Labute approximate surface area is 115 Å². The van der Waals surface area contributed by atoms with Crippen molar-refractivity contribution in [2.24, 2.45) is 0 Å². The van der Waals surface area contributed by atoms with Gasteiger partial charge < -0.3 is 10.2 Å². The van der Waals surface area contributed by atoms with Gasteiger partial charge in [0.15, 0.2) is 0 Å². The van der Waals surface area contributed by atoms with Crippen molar-refractivity contribution in [1.82, 2.24) is 10.2 Å². The zero-order valence-corrected chi connectivity index (χ0v) is 12.7. The molecule has 0 radical (unpaired) electrons. The third-order valence-corrected chi connectivity index (χ3v) is 4.02. The molecule has 102 valence electrons. The molecule has 1 heterocycles. The Morgan fingerprint density at radius 2 is 2.29 bits per heavy atom. The van der Waals surface area contributed by atoms with Crippen LogP contribution in [0.5, 0.6) is 0 Å². The molecule has 1 N–H and O–H groups in total. The molecule has 1 saturated heterocycles. The second-order valence-corrected chi connectivity index (χ2v) is 5.62. The lowest BCUT2D eigenvalue weighted by Gasteiger charge is -2.26. The first kappa shape index (κ1) is 17.1. The van der Waals surface area contributed by atoms with Crippen LogP contribution in [0.4, 0.5) is 0 Å². The SMILES string of the molecule is CSCCC(C)N(C)C(=O)CC1CCCN1.Cl. The van der Waals surface area contributed by atoms with Gasteiger partial charge in [-0.3, -0.25) is 4.79 Å². The number of hydrogen-bond acceptors (Lipinski definition) is 3. The highest BCUT2D eigenvalue weighted by Gasteiger charge is 2.21. The number of carbonyl (C=O) groups excluding carboxylic acids is 1. The number of nitrogens with one attached hydrogen (secondary N) is 1. The highest BCUT2D eigenvalue weighted by Crippen LogP contribution is 2.12. The molecule has 2 unspecified atom stereocenters. The average molecular weight is 281 g/mol. The van der Waals surface area contributed by atoms with Crippen molar-refractivity contribution in [1.29, 1.82) is 0 Å². The van der Waals surface area contributed by atoms with Crippen LogP contribution in [0.2, 0.25) is 0 Å². The maximum Gasteiger partial charge on any atom is 0.224 e. The Kier molecular flexibility index (Phi) is 9.10. The number of carbonyl (C=O) groups is 1. The van der Waals surface area contributed by atoms with Crippen LogP contribution in [0.3, 0.4) is 0 Å². The van der Waals surface area contributed by atoms with Gasteiger partial charge in [0.1, 0.15) is 0 Å². The molecule has 1 aliphatic heterocycles. The van der Waals surface area contributed by atoms with Crippen molar-refractivity contribution in [3.05, 3.63) is 0 Å². The first-order chi connectivity index (χ1) is 7.65. The van der Waals surface area contributed by atoms with E-state index in [9.17, 15) is 4.79 Å². The maximum atomic E-state index is 12.0. The van der Waals surface area contributed by atoms with Gasteiger partial charge in [-0.25, -0.2) is 0 Å². The van der Waals surface area contributed by atoms with Crippen molar-refractivity contribution in [3.8, 4) is 0 Å².